The molecule has 3 N–H and O–H groups in total. The van der Waals surface area contributed by atoms with Crippen LogP contribution in [0.1, 0.15) is 35.8 Å². The minimum absolute atomic E-state index is 0.0595. The Kier molecular flexibility index (Phi) is 4.82. The van der Waals surface area contributed by atoms with E-state index in [2.05, 4.69) is 10.6 Å². The van der Waals surface area contributed by atoms with Crippen LogP contribution >= 0.6 is 0 Å². The first-order valence-electron chi connectivity index (χ1n) is 7.04. The zero-order chi connectivity index (χ0) is 15.2. The van der Waals surface area contributed by atoms with Gasteiger partial charge in [0.15, 0.2) is 0 Å². The Bertz CT molecular complexity index is 626. The number of benzene rings is 2. The summed E-state index contributed by atoms with van der Waals surface area (Å²) in [7, 11) is 0. The highest BCUT2D eigenvalue weighted by molar-refractivity contribution is 5.95. The first-order valence-corrected chi connectivity index (χ1v) is 7.04. The van der Waals surface area contributed by atoms with Crippen molar-refractivity contribution in [2.75, 3.05) is 11.9 Å². The van der Waals surface area contributed by atoms with Crippen LogP contribution in [0.4, 0.5) is 5.69 Å². The molecule has 0 fully saturated rings. The quantitative estimate of drug-likeness (QED) is 0.789. The van der Waals surface area contributed by atoms with E-state index in [0.29, 0.717) is 12.1 Å². The number of rotatable bonds is 5. The summed E-state index contributed by atoms with van der Waals surface area (Å²) in [6, 6.07) is 14.5. The predicted molar refractivity (Wildman–Crippen MR) is 84.6 cm³/mol. The highest BCUT2D eigenvalue weighted by atomic mass is 16.3. The number of nitrogens with one attached hydrogen (secondary N) is 2. The molecule has 0 aliphatic rings. The third-order valence-electron chi connectivity index (χ3n) is 3.25. The summed E-state index contributed by atoms with van der Waals surface area (Å²) in [6.07, 6.45) is 0. The van der Waals surface area contributed by atoms with Crippen molar-refractivity contribution in [3.63, 3.8) is 0 Å². The van der Waals surface area contributed by atoms with Gasteiger partial charge in [0.05, 0.1) is 6.04 Å². The summed E-state index contributed by atoms with van der Waals surface area (Å²) in [5, 5.41) is 15.9. The van der Waals surface area contributed by atoms with Crippen molar-refractivity contribution in [1.29, 1.82) is 0 Å². The van der Waals surface area contributed by atoms with E-state index in [4.69, 9.17) is 0 Å². The molecule has 0 saturated heterocycles. The van der Waals surface area contributed by atoms with Gasteiger partial charge in [0.2, 0.25) is 0 Å². The molecule has 0 aromatic heterocycles. The number of anilines is 1. The molecule has 2 aromatic carbocycles. The highest BCUT2D eigenvalue weighted by Crippen LogP contribution is 2.26. The normalized spacial score (nSPS) is 11.7. The molecule has 0 bridgehead atoms. The molecule has 0 radical (unpaired) electrons. The van der Waals surface area contributed by atoms with Crippen molar-refractivity contribution >= 4 is 11.6 Å². The molecule has 21 heavy (non-hydrogen) atoms. The Hall–Kier alpha value is -2.49. The zero-order valence-corrected chi connectivity index (χ0v) is 12.3. The first-order chi connectivity index (χ1) is 10.1. The minimum atomic E-state index is -0.0867. The van der Waals surface area contributed by atoms with Crippen molar-refractivity contribution in [3.8, 4) is 5.75 Å². The van der Waals surface area contributed by atoms with Gasteiger partial charge in [-0.25, -0.2) is 0 Å². The Morgan fingerprint density at radius 2 is 1.95 bits per heavy atom. The molecule has 4 heteroatoms. The Morgan fingerprint density at radius 3 is 2.67 bits per heavy atom. The largest absolute Gasteiger partial charge is 0.508 e. The van der Waals surface area contributed by atoms with Crippen LogP contribution < -0.4 is 10.6 Å². The van der Waals surface area contributed by atoms with Crippen molar-refractivity contribution in [2.45, 2.75) is 19.9 Å². The minimum Gasteiger partial charge on any atom is -0.508 e. The number of hydrogen-bond donors (Lipinski definition) is 3. The molecule has 1 atom stereocenters. The number of phenols is 1. The second-order valence-corrected chi connectivity index (χ2v) is 4.87. The summed E-state index contributed by atoms with van der Waals surface area (Å²) in [6.45, 7) is 4.46. The predicted octanol–water partition coefficient (Wildman–Crippen LogP) is 3.32. The van der Waals surface area contributed by atoms with E-state index in [9.17, 15) is 9.90 Å². The smallest absolute Gasteiger partial charge is 0.251 e. The van der Waals surface area contributed by atoms with Crippen LogP contribution in [0.15, 0.2) is 48.5 Å². The van der Waals surface area contributed by atoms with Gasteiger partial charge in [-0.2, -0.15) is 0 Å². The second-order valence-electron chi connectivity index (χ2n) is 4.87. The highest BCUT2D eigenvalue weighted by Gasteiger charge is 2.10. The van der Waals surface area contributed by atoms with Crippen LogP contribution in [-0.2, 0) is 0 Å². The number of carbonyl (C=O) groups excluding carboxylic acids is 1. The van der Waals surface area contributed by atoms with Crippen LogP contribution in [0.25, 0.3) is 0 Å². The van der Waals surface area contributed by atoms with Gasteiger partial charge in [0.1, 0.15) is 5.75 Å². The lowest BCUT2D eigenvalue weighted by Crippen LogP contribution is -2.22. The monoisotopic (exact) mass is 284 g/mol. The molecule has 0 aliphatic heterocycles. The average Bonchev–Trinajstić information content (AvgIpc) is 2.48. The first kappa shape index (κ1) is 14.9. The SMILES string of the molecule is CCNC(=O)c1cccc(NC(C)c2ccccc2O)c1. The summed E-state index contributed by atoms with van der Waals surface area (Å²) in [5.41, 5.74) is 2.28. The van der Waals surface area contributed by atoms with Gasteiger partial charge >= 0.3 is 0 Å². The molecule has 0 heterocycles. The molecule has 1 amide bonds. The fourth-order valence-electron chi connectivity index (χ4n) is 2.19. The van der Waals surface area contributed by atoms with Crippen LogP contribution in [0.5, 0.6) is 5.75 Å². The lowest BCUT2D eigenvalue weighted by molar-refractivity contribution is 0.0956. The maximum atomic E-state index is 11.8. The van der Waals surface area contributed by atoms with E-state index in [1.807, 2.05) is 44.2 Å². The van der Waals surface area contributed by atoms with Crippen molar-refractivity contribution in [2.24, 2.45) is 0 Å². The summed E-state index contributed by atoms with van der Waals surface area (Å²) >= 11 is 0. The number of hydrogen-bond acceptors (Lipinski definition) is 3. The third kappa shape index (κ3) is 3.75. The van der Waals surface area contributed by atoms with Crippen LogP contribution in [0.3, 0.4) is 0 Å². The van der Waals surface area contributed by atoms with Gasteiger partial charge < -0.3 is 15.7 Å². The van der Waals surface area contributed by atoms with Crippen molar-refractivity contribution < 1.29 is 9.90 Å². The third-order valence-corrected chi connectivity index (χ3v) is 3.25. The van der Waals surface area contributed by atoms with E-state index in [1.54, 1.807) is 18.2 Å². The maximum absolute atomic E-state index is 11.8. The fourth-order valence-corrected chi connectivity index (χ4v) is 2.19. The van der Waals surface area contributed by atoms with Gasteiger partial charge in [0, 0.05) is 23.4 Å². The molecule has 0 spiro atoms. The van der Waals surface area contributed by atoms with Crippen LogP contribution in [0.2, 0.25) is 0 Å². The molecule has 1 unspecified atom stereocenters. The summed E-state index contributed by atoms with van der Waals surface area (Å²) in [5.74, 6) is 0.175. The lowest BCUT2D eigenvalue weighted by atomic mass is 10.1. The molecule has 0 aliphatic carbocycles. The van der Waals surface area contributed by atoms with E-state index in [0.717, 1.165) is 11.3 Å². The standard InChI is InChI=1S/C17H20N2O2/c1-3-18-17(21)13-7-6-8-14(11-13)19-12(2)15-9-4-5-10-16(15)20/h4-12,19-20H,3H2,1-2H3,(H,18,21). The van der Waals surface area contributed by atoms with Crippen molar-refractivity contribution in [1.82, 2.24) is 5.32 Å². The number of phenolic OH excluding ortho intramolecular Hbond substituents is 1. The molecular weight excluding hydrogens is 264 g/mol. The molecular formula is C17H20N2O2. The molecule has 2 rings (SSSR count). The van der Waals surface area contributed by atoms with Gasteiger partial charge in [0.25, 0.3) is 5.91 Å². The van der Waals surface area contributed by atoms with Gasteiger partial charge in [-0.3, -0.25) is 4.79 Å². The maximum Gasteiger partial charge on any atom is 0.251 e. The van der Waals surface area contributed by atoms with Gasteiger partial charge in [-0.05, 0) is 38.1 Å². The van der Waals surface area contributed by atoms with Crippen LogP contribution in [-0.4, -0.2) is 17.6 Å². The number of amides is 1. The Labute approximate surface area is 124 Å². The van der Waals surface area contributed by atoms with Gasteiger partial charge in [-0.15, -0.1) is 0 Å². The molecule has 110 valence electrons. The second kappa shape index (κ2) is 6.79. The molecule has 4 nitrogen and oxygen atoms in total. The Balaban J connectivity index is 2.15. The summed E-state index contributed by atoms with van der Waals surface area (Å²) in [4.78, 5) is 11.8. The van der Waals surface area contributed by atoms with Gasteiger partial charge in [-0.1, -0.05) is 24.3 Å². The molecule has 2 aromatic rings. The van der Waals surface area contributed by atoms with E-state index in [-0.39, 0.29) is 17.7 Å². The zero-order valence-electron chi connectivity index (χ0n) is 12.3. The lowest BCUT2D eigenvalue weighted by Gasteiger charge is -2.17. The Morgan fingerprint density at radius 1 is 1.19 bits per heavy atom. The number of carbonyl (C=O) groups is 1. The fraction of sp³-hybridized carbons (Fsp3) is 0.235. The average molecular weight is 284 g/mol. The van der Waals surface area contributed by atoms with Crippen LogP contribution in [0, 0.1) is 0 Å². The van der Waals surface area contributed by atoms with Crippen molar-refractivity contribution in [3.05, 3.63) is 59.7 Å². The van der Waals surface area contributed by atoms with E-state index in [1.165, 1.54) is 0 Å². The van der Waals surface area contributed by atoms with E-state index < -0.39 is 0 Å². The topological polar surface area (TPSA) is 61.4 Å². The number of para-hydroxylation sites is 1. The molecule has 0 saturated carbocycles. The number of aromatic hydroxyl groups is 1. The van der Waals surface area contributed by atoms with E-state index >= 15 is 0 Å². The summed E-state index contributed by atoms with van der Waals surface area (Å²) < 4.78 is 0.